The molecule has 0 unspecified atom stereocenters. The average molecular weight is 374 g/mol. The molecule has 1 N–H and O–H groups in total. The van der Waals surface area contributed by atoms with Crippen molar-refractivity contribution < 1.29 is 19.2 Å². The van der Waals surface area contributed by atoms with E-state index in [4.69, 9.17) is 4.74 Å². The summed E-state index contributed by atoms with van der Waals surface area (Å²) in [6.07, 6.45) is 0. The first-order chi connectivity index (χ1) is 12.5. The molecule has 0 aliphatic carbocycles. The van der Waals surface area contributed by atoms with Crippen LogP contribution in [0.15, 0.2) is 48.5 Å². The number of nitro benzene ring substituents is 1. The molecule has 2 rings (SSSR count). The van der Waals surface area contributed by atoms with Gasteiger partial charge in [-0.3, -0.25) is 14.9 Å². The largest absolute Gasteiger partial charge is 0.462 e. The molecule has 8 heteroatoms. The van der Waals surface area contributed by atoms with Crippen LogP contribution in [0.3, 0.4) is 0 Å². The number of benzene rings is 2. The normalized spacial score (nSPS) is 10.2. The van der Waals surface area contributed by atoms with E-state index in [1.807, 2.05) is 0 Å². The maximum Gasteiger partial charge on any atom is 0.338 e. The summed E-state index contributed by atoms with van der Waals surface area (Å²) < 4.78 is 4.93. The molecule has 0 heterocycles. The van der Waals surface area contributed by atoms with Crippen LogP contribution < -0.4 is 5.32 Å². The predicted molar refractivity (Wildman–Crippen MR) is 100 cm³/mol. The van der Waals surface area contributed by atoms with Crippen LogP contribution >= 0.6 is 11.8 Å². The van der Waals surface area contributed by atoms with Crippen molar-refractivity contribution in [1.29, 1.82) is 0 Å². The smallest absolute Gasteiger partial charge is 0.338 e. The number of nitrogens with one attached hydrogen (secondary N) is 1. The van der Waals surface area contributed by atoms with Gasteiger partial charge in [0.1, 0.15) is 0 Å². The standard InChI is InChI=1S/C18H18N2O5S/c1-2-25-18(22)14-4-3-5-15(10-14)19-17(21)12-26-11-13-6-8-16(9-7-13)20(23)24/h3-10H,2,11-12H2,1H3,(H,19,21). The third-order valence-corrected chi connectivity index (χ3v) is 4.31. The Balaban J connectivity index is 1.82. The molecule has 2 aromatic carbocycles. The first-order valence-corrected chi connectivity index (χ1v) is 9.03. The fraction of sp³-hybridized carbons (Fsp3) is 0.222. The predicted octanol–water partition coefficient (Wildman–Crippen LogP) is 3.64. The number of non-ortho nitro benzene ring substituents is 1. The average Bonchev–Trinajstić information content (AvgIpc) is 2.62. The molecule has 2 aromatic rings. The lowest BCUT2D eigenvalue weighted by molar-refractivity contribution is -0.384. The van der Waals surface area contributed by atoms with Crippen LogP contribution in [0.5, 0.6) is 0 Å². The second kappa shape index (κ2) is 9.57. The summed E-state index contributed by atoms with van der Waals surface area (Å²) in [4.78, 5) is 33.9. The van der Waals surface area contributed by atoms with Crippen LogP contribution in [0, 0.1) is 10.1 Å². The Hall–Kier alpha value is -2.87. The van der Waals surface area contributed by atoms with Gasteiger partial charge in [-0.25, -0.2) is 4.79 Å². The molecule has 26 heavy (non-hydrogen) atoms. The van der Waals surface area contributed by atoms with Crippen molar-refractivity contribution in [3.05, 3.63) is 69.8 Å². The van der Waals surface area contributed by atoms with Crippen molar-refractivity contribution >= 4 is 35.0 Å². The number of anilines is 1. The zero-order valence-electron chi connectivity index (χ0n) is 14.1. The van der Waals surface area contributed by atoms with Crippen molar-refractivity contribution in [3.63, 3.8) is 0 Å². The van der Waals surface area contributed by atoms with Crippen LogP contribution in [0.1, 0.15) is 22.8 Å². The zero-order chi connectivity index (χ0) is 18.9. The van der Waals surface area contributed by atoms with Crippen molar-refractivity contribution in [1.82, 2.24) is 0 Å². The lowest BCUT2D eigenvalue weighted by atomic mass is 10.2. The van der Waals surface area contributed by atoms with E-state index >= 15 is 0 Å². The Bertz CT molecular complexity index is 792. The van der Waals surface area contributed by atoms with Crippen LogP contribution in [0.25, 0.3) is 0 Å². The quantitative estimate of drug-likeness (QED) is 0.430. The Morgan fingerprint density at radius 1 is 1.19 bits per heavy atom. The van der Waals surface area contributed by atoms with Crippen LogP contribution in [-0.2, 0) is 15.3 Å². The molecule has 136 valence electrons. The monoisotopic (exact) mass is 374 g/mol. The van der Waals surface area contributed by atoms with Gasteiger partial charge in [0.15, 0.2) is 0 Å². The first-order valence-electron chi connectivity index (χ1n) is 7.87. The minimum absolute atomic E-state index is 0.0398. The van der Waals surface area contributed by atoms with Crippen LogP contribution in [0.2, 0.25) is 0 Å². The second-order valence-electron chi connectivity index (χ2n) is 5.27. The van der Waals surface area contributed by atoms with Gasteiger partial charge in [-0.15, -0.1) is 11.8 Å². The number of esters is 1. The second-order valence-corrected chi connectivity index (χ2v) is 6.25. The Morgan fingerprint density at radius 3 is 2.58 bits per heavy atom. The maximum absolute atomic E-state index is 12.0. The molecule has 0 aliphatic heterocycles. The van der Waals surface area contributed by atoms with E-state index in [-0.39, 0.29) is 24.0 Å². The van der Waals surface area contributed by atoms with E-state index in [9.17, 15) is 19.7 Å². The molecule has 0 fully saturated rings. The summed E-state index contributed by atoms with van der Waals surface area (Å²) in [6.45, 7) is 2.01. The highest BCUT2D eigenvalue weighted by atomic mass is 32.2. The van der Waals surface area contributed by atoms with Gasteiger partial charge in [0.05, 0.1) is 22.8 Å². The van der Waals surface area contributed by atoms with Gasteiger partial charge in [-0.1, -0.05) is 18.2 Å². The molecule has 0 saturated heterocycles. The molecular weight excluding hydrogens is 356 g/mol. The number of carbonyl (C=O) groups is 2. The minimum Gasteiger partial charge on any atom is -0.462 e. The Labute approximate surface area is 154 Å². The van der Waals surface area contributed by atoms with E-state index in [1.54, 1.807) is 43.3 Å². The van der Waals surface area contributed by atoms with Crippen LogP contribution in [-0.4, -0.2) is 29.2 Å². The van der Waals surface area contributed by atoms with Gasteiger partial charge in [0.25, 0.3) is 5.69 Å². The molecule has 0 radical (unpaired) electrons. The summed E-state index contributed by atoms with van der Waals surface area (Å²) in [5.74, 6) is 0.156. The number of hydrogen-bond acceptors (Lipinski definition) is 6. The SMILES string of the molecule is CCOC(=O)c1cccc(NC(=O)CSCc2ccc([N+](=O)[O-])cc2)c1. The van der Waals surface area contributed by atoms with Gasteiger partial charge >= 0.3 is 5.97 Å². The van der Waals surface area contributed by atoms with Crippen molar-refractivity contribution in [2.75, 3.05) is 17.7 Å². The van der Waals surface area contributed by atoms with Gasteiger partial charge in [-0.2, -0.15) is 0 Å². The number of nitrogens with zero attached hydrogens (tertiary/aromatic N) is 1. The number of thioether (sulfide) groups is 1. The molecule has 0 aromatic heterocycles. The lowest BCUT2D eigenvalue weighted by Crippen LogP contribution is -2.15. The lowest BCUT2D eigenvalue weighted by Gasteiger charge is -2.07. The van der Waals surface area contributed by atoms with Crippen LogP contribution in [0.4, 0.5) is 11.4 Å². The van der Waals surface area contributed by atoms with Crippen molar-refractivity contribution in [2.24, 2.45) is 0 Å². The fourth-order valence-electron chi connectivity index (χ4n) is 2.11. The van der Waals surface area contributed by atoms with Crippen molar-refractivity contribution in [2.45, 2.75) is 12.7 Å². The summed E-state index contributed by atoms with van der Waals surface area (Å²) in [7, 11) is 0. The molecule has 0 spiro atoms. The molecule has 0 atom stereocenters. The number of amides is 1. The van der Waals surface area contributed by atoms with Gasteiger partial charge in [0, 0.05) is 23.6 Å². The Morgan fingerprint density at radius 2 is 1.92 bits per heavy atom. The summed E-state index contributed by atoms with van der Waals surface area (Å²) in [6, 6.07) is 12.8. The maximum atomic E-state index is 12.0. The van der Waals surface area contributed by atoms with Gasteiger partial charge in [-0.05, 0) is 30.7 Å². The molecule has 0 saturated carbocycles. The molecule has 0 aliphatic rings. The number of nitro groups is 1. The van der Waals surface area contributed by atoms with E-state index < -0.39 is 10.9 Å². The third-order valence-electron chi connectivity index (χ3n) is 3.31. The van der Waals surface area contributed by atoms with Gasteiger partial charge < -0.3 is 10.1 Å². The molecule has 7 nitrogen and oxygen atoms in total. The highest BCUT2D eigenvalue weighted by molar-refractivity contribution is 7.99. The van der Waals surface area contributed by atoms with Gasteiger partial charge in [0.2, 0.25) is 5.91 Å². The van der Waals surface area contributed by atoms with Crippen molar-refractivity contribution in [3.8, 4) is 0 Å². The molecular formula is C18H18N2O5S. The van der Waals surface area contributed by atoms with E-state index in [0.717, 1.165) is 5.56 Å². The van der Waals surface area contributed by atoms with E-state index in [2.05, 4.69) is 5.32 Å². The summed E-state index contributed by atoms with van der Waals surface area (Å²) in [5, 5.41) is 13.3. The minimum atomic E-state index is -0.450. The number of carbonyl (C=O) groups excluding carboxylic acids is 2. The summed E-state index contributed by atoms with van der Waals surface area (Å²) >= 11 is 1.39. The molecule has 1 amide bonds. The number of rotatable bonds is 8. The molecule has 0 bridgehead atoms. The number of hydrogen-bond donors (Lipinski definition) is 1. The van der Waals surface area contributed by atoms with E-state index in [0.29, 0.717) is 17.0 Å². The zero-order valence-corrected chi connectivity index (χ0v) is 15.0. The first kappa shape index (κ1) is 19.5. The Kier molecular flexibility index (Phi) is 7.16. The topological polar surface area (TPSA) is 98.5 Å². The number of ether oxygens (including phenoxy) is 1. The third kappa shape index (κ3) is 5.89. The van der Waals surface area contributed by atoms with E-state index in [1.165, 1.54) is 23.9 Å². The highest BCUT2D eigenvalue weighted by Crippen LogP contribution is 2.17. The highest BCUT2D eigenvalue weighted by Gasteiger charge is 2.09. The summed E-state index contributed by atoms with van der Waals surface area (Å²) in [5.41, 5.74) is 1.84. The fourth-order valence-corrected chi connectivity index (χ4v) is 2.90.